The van der Waals surface area contributed by atoms with Crippen LogP contribution >= 0.6 is 35.4 Å². The minimum atomic E-state index is -0.365. The zero-order chi connectivity index (χ0) is 26.8. The molecule has 2 aromatic carbocycles. The lowest BCUT2D eigenvalue weighted by Crippen LogP contribution is -2.29. The topological polar surface area (TPSA) is 79.6 Å². The Hall–Kier alpha value is -3.43. The number of rotatable bonds is 7. The molecule has 0 spiro atoms. The molecule has 10 heteroatoms. The van der Waals surface area contributed by atoms with E-state index in [1.807, 2.05) is 66.4 Å². The van der Waals surface area contributed by atoms with E-state index in [-0.39, 0.29) is 24.6 Å². The molecular weight excluding hydrogens is 543 g/mol. The SMILES string of the molecule is COCC(=O)Nc1ccc(N2C(=S)N[C@@H](c3ccccn3)[C@@H]2c2ccc(-c3cc(Cl)ccc3C)o2)cc1Cl. The molecule has 0 aliphatic carbocycles. The fourth-order valence-electron chi connectivity index (χ4n) is 4.51. The number of ether oxygens (including phenoxy) is 1. The van der Waals surface area contributed by atoms with Crippen LogP contribution < -0.4 is 15.5 Å². The van der Waals surface area contributed by atoms with Crippen molar-refractivity contribution >= 4 is 57.8 Å². The number of furan rings is 1. The smallest absolute Gasteiger partial charge is 0.250 e. The Bertz CT molecular complexity index is 1490. The van der Waals surface area contributed by atoms with Gasteiger partial charge >= 0.3 is 0 Å². The van der Waals surface area contributed by atoms with Crippen molar-refractivity contribution in [2.45, 2.75) is 19.0 Å². The molecule has 1 amide bonds. The van der Waals surface area contributed by atoms with E-state index in [1.54, 1.807) is 18.3 Å². The van der Waals surface area contributed by atoms with Gasteiger partial charge in [0.15, 0.2) is 5.11 Å². The minimum Gasteiger partial charge on any atom is -0.459 e. The summed E-state index contributed by atoms with van der Waals surface area (Å²) in [6.45, 7) is 1.94. The van der Waals surface area contributed by atoms with Gasteiger partial charge in [-0.05, 0) is 79.3 Å². The number of methoxy groups -OCH3 is 1. The van der Waals surface area contributed by atoms with E-state index in [2.05, 4.69) is 15.6 Å². The number of aromatic nitrogens is 1. The van der Waals surface area contributed by atoms with Crippen LogP contribution in [0.2, 0.25) is 10.0 Å². The molecule has 7 nitrogen and oxygen atoms in total. The van der Waals surface area contributed by atoms with E-state index >= 15 is 0 Å². The molecule has 0 unspecified atom stereocenters. The number of halogens is 2. The lowest BCUT2D eigenvalue weighted by atomic mass is 10.0. The van der Waals surface area contributed by atoms with E-state index in [1.165, 1.54) is 7.11 Å². The molecule has 1 aliphatic heterocycles. The zero-order valence-electron chi connectivity index (χ0n) is 20.6. The Kier molecular flexibility index (Phi) is 7.67. The van der Waals surface area contributed by atoms with E-state index in [0.717, 1.165) is 22.5 Å². The number of carbonyl (C=O) groups is 1. The molecule has 2 atom stereocenters. The van der Waals surface area contributed by atoms with Crippen LogP contribution in [0.5, 0.6) is 0 Å². The van der Waals surface area contributed by atoms with Gasteiger partial charge in [0.25, 0.3) is 0 Å². The first-order chi connectivity index (χ1) is 18.4. The van der Waals surface area contributed by atoms with Crippen LogP contribution in [-0.2, 0) is 9.53 Å². The van der Waals surface area contributed by atoms with Gasteiger partial charge in [-0.15, -0.1) is 0 Å². The first-order valence-corrected chi connectivity index (χ1v) is 13.0. The molecule has 0 radical (unpaired) electrons. The number of hydrogen-bond donors (Lipinski definition) is 2. The Morgan fingerprint density at radius 2 is 2.00 bits per heavy atom. The zero-order valence-corrected chi connectivity index (χ0v) is 22.9. The van der Waals surface area contributed by atoms with Gasteiger partial charge in [-0.2, -0.15) is 0 Å². The predicted octanol–water partition coefficient (Wildman–Crippen LogP) is 6.72. The Morgan fingerprint density at radius 3 is 2.74 bits per heavy atom. The fraction of sp³-hybridized carbons (Fsp3) is 0.179. The second-order valence-electron chi connectivity index (χ2n) is 8.80. The maximum atomic E-state index is 12.0. The molecule has 2 aromatic heterocycles. The molecule has 3 heterocycles. The quantitative estimate of drug-likeness (QED) is 0.240. The number of nitrogens with zero attached hydrogens (tertiary/aromatic N) is 2. The molecule has 1 aliphatic rings. The molecule has 0 saturated carbocycles. The third kappa shape index (κ3) is 5.26. The van der Waals surface area contributed by atoms with Crippen LogP contribution in [0.1, 0.15) is 29.1 Å². The summed E-state index contributed by atoms with van der Waals surface area (Å²) in [4.78, 5) is 18.5. The third-order valence-corrected chi connectivity index (χ3v) is 7.12. The number of carbonyl (C=O) groups excluding carboxylic acids is 1. The van der Waals surface area contributed by atoms with E-state index in [0.29, 0.717) is 32.4 Å². The number of amides is 1. The maximum absolute atomic E-state index is 12.0. The maximum Gasteiger partial charge on any atom is 0.250 e. The highest BCUT2D eigenvalue weighted by Gasteiger charge is 2.42. The molecule has 2 N–H and O–H groups in total. The Labute approximate surface area is 235 Å². The number of nitrogens with one attached hydrogen (secondary N) is 2. The number of pyridine rings is 1. The van der Waals surface area contributed by atoms with Gasteiger partial charge in [0.2, 0.25) is 5.91 Å². The van der Waals surface area contributed by atoms with Gasteiger partial charge in [-0.1, -0.05) is 35.3 Å². The summed E-state index contributed by atoms with van der Waals surface area (Å²) < 4.78 is 11.3. The van der Waals surface area contributed by atoms with Gasteiger partial charge in [-0.25, -0.2) is 0 Å². The highest BCUT2D eigenvalue weighted by atomic mass is 35.5. The molecule has 194 valence electrons. The summed E-state index contributed by atoms with van der Waals surface area (Å²) >= 11 is 18.6. The summed E-state index contributed by atoms with van der Waals surface area (Å²) in [7, 11) is 1.46. The molecular formula is C28H24Cl2N4O3S. The van der Waals surface area contributed by atoms with Crippen molar-refractivity contribution < 1.29 is 13.9 Å². The predicted molar refractivity (Wildman–Crippen MR) is 154 cm³/mol. The number of anilines is 2. The largest absolute Gasteiger partial charge is 0.459 e. The van der Waals surface area contributed by atoms with Crippen molar-refractivity contribution in [1.29, 1.82) is 0 Å². The molecule has 1 saturated heterocycles. The standard InChI is InChI=1S/C28H24Cl2N4O3S/c1-16-6-7-17(29)13-19(16)23-10-11-24(37-23)27-26(22-5-3-4-12-31-22)33-28(38)34(27)18-8-9-21(20(30)14-18)32-25(35)15-36-2/h3-14,26-27H,15H2,1-2H3,(H,32,35)(H,33,38)/t26-,27-/m0/s1. The number of hydrogen-bond acceptors (Lipinski definition) is 5. The lowest BCUT2D eigenvalue weighted by molar-refractivity contribution is -0.119. The first-order valence-electron chi connectivity index (χ1n) is 11.8. The summed E-state index contributed by atoms with van der Waals surface area (Å²) in [5, 5.41) is 7.64. The summed E-state index contributed by atoms with van der Waals surface area (Å²) in [5.74, 6) is 1.09. The molecule has 38 heavy (non-hydrogen) atoms. The van der Waals surface area contributed by atoms with E-state index in [9.17, 15) is 4.79 Å². The highest BCUT2D eigenvalue weighted by Crippen LogP contribution is 2.44. The van der Waals surface area contributed by atoms with Crippen molar-refractivity contribution in [2.75, 3.05) is 23.9 Å². The van der Waals surface area contributed by atoms with Crippen LogP contribution in [0.25, 0.3) is 11.3 Å². The van der Waals surface area contributed by atoms with Gasteiger partial charge in [-0.3, -0.25) is 9.78 Å². The van der Waals surface area contributed by atoms with Crippen LogP contribution in [0, 0.1) is 6.92 Å². The van der Waals surface area contributed by atoms with Gasteiger partial charge in [0.1, 0.15) is 24.2 Å². The molecule has 4 aromatic rings. The summed E-state index contributed by atoms with van der Waals surface area (Å²) in [6.07, 6.45) is 1.75. The van der Waals surface area contributed by atoms with Gasteiger partial charge < -0.3 is 24.7 Å². The van der Waals surface area contributed by atoms with Crippen molar-refractivity contribution in [1.82, 2.24) is 10.3 Å². The monoisotopic (exact) mass is 566 g/mol. The van der Waals surface area contributed by atoms with Crippen molar-refractivity contribution in [2.24, 2.45) is 0 Å². The molecule has 5 rings (SSSR count). The molecule has 0 bridgehead atoms. The van der Waals surface area contributed by atoms with Crippen LogP contribution in [0.4, 0.5) is 11.4 Å². The average molecular weight is 567 g/mol. The van der Waals surface area contributed by atoms with Crippen LogP contribution in [0.3, 0.4) is 0 Å². The third-order valence-electron chi connectivity index (χ3n) is 6.26. The summed E-state index contributed by atoms with van der Waals surface area (Å²) in [5.41, 5.74) is 3.99. The van der Waals surface area contributed by atoms with E-state index < -0.39 is 0 Å². The summed E-state index contributed by atoms with van der Waals surface area (Å²) in [6, 6.07) is 20.0. The number of benzene rings is 2. The second kappa shape index (κ2) is 11.1. The second-order valence-corrected chi connectivity index (χ2v) is 10.0. The fourth-order valence-corrected chi connectivity index (χ4v) is 5.25. The van der Waals surface area contributed by atoms with Crippen molar-refractivity contribution in [3.05, 3.63) is 100.0 Å². The Balaban J connectivity index is 1.55. The average Bonchev–Trinajstić information content (AvgIpc) is 3.52. The number of aryl methyl sites for hydroxylation is 1. The normalized spacial score (nSPS) is 16.9. The van der Waals surface area contributed by atoms with E-state index in [4.69, 9.17) is 44.6 Å². The Morgan fingerprint density at radius 1 is 1.16 bits per heavy atom. The minimum absolute atomic E-state index is 0.0705. The van der Waals surface area contributed by atoms with Crippen LogP contribution in [0.15, 0.2) is 77.3 Å². The highest BCUT2D eigenvalue weighted by molar-refractivity contribution is 7.80. The number of thiocarbonyl (C=S) groups is 1. The van der Waals surface area contributed by atoms with Gasteiger partial charge in [0.05, 0.1) is 22.4 Å². The van der Waals surface area contributed by atoms with Crippen LogP contribution in [-0.4, -0.2) is 29.7 Å². The van der Waals surface area contributed by atoms with Gasteiger partial charge in [0, 0.05) is 29.6 Å². The molecule has 1 fully saturated rings. The van der Waals surface area contributed by atoms with Crippen molar-refractivity contribution in [3.63, 3.8) is 0 Å². The van der Waals surface area contributed by atoms with Crippen molar-refractivity contribution in [3.8, 4) is 11.3 Å². The first kappa shape index (κ1) is 26.2. The lowest BCUT2D eigenvalue weighted by Gasteiger charge is -2.26.